The van der Waals surface area contributed by atoms with Crippen LogP contribution in [0, 0.1) is 6.92 Å². The number of nitrogens with zero attached hydrogens (tertiary/aromatic N) is 3. The number of rotatable bonds is 6. The molecule has 0 unspecified atom stereocenters. The maximum absolute atomic E-state index is 12.2. The second kappa shape index (κ2) is 7.87. The van der Waals surface area contributed by atoms with Crippen LogP contribution >= 0.6 is 0 Å². The molecule has 140 valence electrons. The first-order valence-corrected chi connectivity index (χ1v) is 8.82. The maximum Gasteiger partial charge on any atom is 0.265 e. The molecule has 0 radical (unpaired) electrons. The predicted octanol–water partition coefficient (Wildman–Crippen LogP) is 3.29. The summed E-state index contributed by atoms with van der Waals surface area (Å²) >= 11 is 0. The number of aromatic nitrogens is 3. The molecule has 2 aromatic heterocycles. The molecule has 2 heterocycles. The largest absolute Gasteiger partial charge is 0.467 e. The molecule has 4 aromatic rings. The summed E-state index contributed by atoms with van der Waals surface area (Å²) in [6, 6.07) is 17.4. The molecule has 0 aliphatic rings. The number of hydrogen-bond acceptors (Lipinski definition) is 6. The molecule has 28 heavy (non-hydrogen) atoms. The Balaban J connectivity index is 1.48. The summed E-state index contributed by atoms with van der Waals surface area (Å²) in [6.45, 7) is 2.28. The number of ether oxygens (including phenoxy) is 1. The van der Waals surface area contributed by atoms with Gasteiger partial charge in [0.15, 0.2) is 6.61 Å². The van der Waals surface area contributed by atoms with Gasteiger partial charge in [-0.1, -0.05) is 59.8 Å². The van der Waals surface area contributed by atoms with E-state index in [1.165, 1.54) is 6.33 Å². The third-order valence-electron chi connectivity index (χ3n) is 4.36. The molecule has 0 aliphatic heterocycles. The fraction of sp³-hybridized carbons (Fsp3) is 0.143. The topological polar surface area (TPSA) is 90.1 Å². The van der Waals surface area contributed by atoms with Crippen LogP contribution in [0.3, 0.4) is 0 Å². The lowest BCUT2D eigenvalue weighted by atomic mass is 10.1. The molecule has 1 amide bonds. The predicted molar refractivity (Wildman–Crippen MR) is 104 cm³/mol. The Hall–Kier alpha value is -3.74. The SMILES string of the molecule is Cc1ccccc1CNC(=O)COc1ncnc2onc(-c3ccccc3)c12. The van der Waals surface area contributed by atoms with Crippen molar-refractivity contribution >= 4 is 17.0 Å². The van der Waals surface area contributed by atoms with Crippen molar-refractivity contribution in [1.29, 1.82) is 0 Å². The van der Waals surface area contributed by atoms with Gasteiger partial charge in [0, 0.05) is 12.1 Å². The van der Waals surface area contributed by atoms with Gasteiger partial charge in [0.05, 0.1) is 0 Å². The lowest BCUT2D eigenvalue weighted by Gasteiger charge is -2.09. The normalized spacial score (nSPS) is 10.8. The molecule has 0 fully saturated rings. The Labute approximate surface area is 161 Å². The highest BCUT2D eigenvalue weighted by Crippen LogP contribution is 2.32. The van der Waals surface area contributed by atoms with Crippen LogP contribution in [0.2, 0.25) is 0 Å². The minimum absolute atomic E-state index is 0.169. The summed E-state index contributed by atoms with van der Waals surface area (Å²) in [6.07, 6.45) is 1.32. The number of fused-ring (bicyclic) bond motifs is 1. The lowest BCUT2D eigenvalue weighted by Crippen LogP contribution is -2.28. The molecule has 0 aliphatic carbocycles. The average Bonchev–Trinajstić information content (AvgIpc) is 3.17. The minimum Gasteiger partial charge on any atom is -0.467 e. The standard InChI is InChI=1S/C21H18N4O3/c1-14-7-5-6-10-16(14)11-22-17(26)12-27-20-18-19(15-8-3-2-4-9-15)25-28-21(18)24-13-23-20/h2-10,13H,11-12H2,1H3,(H,22,26). The molecule has 1 N–H and O–H groups in total. The van der Waals surface area contributed by atoms with Gasteiger partial charge >= 0.3 is 0 Å². The van der Waals surface area contributed by atoms with Crippen molar-refractivity contribution < 1.29 is 14.1 Å². The van der Waals surface area contributed by atoms with Crippen molar-refractivity contribution in [2.45, 2.75) is 13.5 Å². The summed E-state index contributed by atoms with van der Waals surface area (Å²) in [5.41, 5.74) is 3.92. The number of hydrogen-bond donors (Lipinski definition) is 1. The van der Waals surface area contributed by atoms with Gasteiger partial charge in [0.1, 0.15) is 17.4 Å². The van der Waals surface area contributed by atoms with Gasteiger partial charge < -0.3 is 14.6 Å². The molecule has 0 saturated carbocycles. The number of carbonyl (C=O) groups is 1. The molecule has 0 bridgehead atoms. The van der Waals surface area contributed by atoms with Crippen molar-refractivity contribution in [3.8, 4) is 17.1 Å². The van der Waals surface area contributed by atoms with E-state index in [-0.39, 0.29) is 18.4 Å². The van der Waals surface area contributed by atoms with Gasteiger partial charge in [-0.05, 0) is 18.1 Å². The molecule has 0 atom stereocenters. The third kappa shape index (κ3) is 3.68. The van der Waals surface area contributed by atoms with E-state index in [0.717, 1.165) is 16.7 Å². The fourth-order valence-corrected chi connectivity index (χ4v) is 2.85. The highest BCUT2D eigenvalue weighted by molar-refractivity contribution is 5.93. The second-order valence-electron chi connectivity index (χ2n) is 6.25. The Bertz CT molecular complexity index is 1110. The number of amides is 1. The molecule has 0 spiro atoms. The monoisotopic (exact) mass is 374 g/mol. The summed E-state index contributed by atoms with van der Waals surface area (Å²) in [5.74, 6) is 0.0175. The van der Waals surface area contributed by atoms with E-state index in [0.29, 0.717) is 23.3 Å². The van der Waals surface area contributed by atoms with Gasteiger partial charge in [0.2, 0.25) is 5.88 Å². The van der Waals surface area contributed by atoms with E-state index in [1.807, 2.05) is 61.5 Å². The van der Waals surface area contributed by atoms with E-state index in [9.17, 15) is 4.79 Å². The van der Waals surface area contributed by atoms with Crippen LogP contribution in [0.5, 0.6) is 5.88 Å². The van der Waals surface area contributed by atoms with Crippen molar-refractivity contribution in [3.63, 3.8) is 0 Å². The van der Waals surface area contributed by atoms with Crippen LogP contribution in [0.15, 0.2) is 65.4 Å². The molecular formula is C21H18N4O3. The minimum atomic E-state index is -0.243. The molecule has 0 saturated heterocycles. The van der Waals surface area contributed by atoms with Crippen LogP contribution < -0.4 is 10.1 Å². The highest BCUT2D eigenvalue weighted by Gasteiger charge is 2.18. The highest BCUT2D eigenvalue weighted by atomic mass is 16.5. The summed E-state index contributed by atoms with van der Waals surface area (Å²) in [4.78, 5) is 20.4. The van der Waals surface area contributed by atoms with E-state index in [4.69, 9.17) is 9.26 Å². The van der Waals surface area contributed by atoms with Gasteiger partial charge in [0.25, 0.3) is 11.6 Å². The van der Waals surface area contributed by atoms with Crippen LogP contribution in [0.4, 0.5) is 0 Å². The molecule has 7 nitrogen and oxygen atoms in total. The van der Waals surface area contributed by atoms with Gasteiger partial charge in [-0.15, -0.1) is 0 Å². The lowest BCUT2D eigenvalue weighted by molar-refractivity contribution is -0.123. The van der Waals surface area contributed by atoms with Crippen molar-refractivity contribution in [1.82, 2.24) is 20.4 Å². The molecule has 2 aromatic carbocycles. The quantitative estimate of drug-likeness (QED) is 0.557. The first-order valence-electron chi connectivity index (χ1n) is 8.82. The van der Waals surface area contributed by atoms with Crippen LogP contribution in [-0.2, 0) is 11.3 Å². The number of nitrogens with one attached hydrogen (secondary N) is 1. The number of benzene rings is 2. The zero-order valence-corrected chi connectivity index (χ0v) is 15.3. The van der Waals surface area contributed by atoms with Gasteiger partial charge in [-0.3, -0.25) is 4.79 Å². The Morgan fingerprint density at radius 2 is 1.86 bits per heavy atom. The van der Waals surface area contributed by atoms with Crippen molar-refractivity contribution in [2.75, 3.05) is 6.61 Å². The van der Waals surface area contributed by atoms with Gasteiger partial charge in [-0.2, -0.15) is 4.98 Å². The van der Waals surface area contributed by atoms with Crippen LogP contribution in [0.1, 0.15) is 11.1 Å². The first-order chi connectivity index (χ1) is 13.7. The Morgan fingerprint density at radius 1 is 1.07 bits per heavy atom. The van der Waals surface area contributed by atoms with E-state index < -0.39 is 0 Å². The Morgan fingerprint density at radius 3 is 2.68 bits per heavy atom. The third-order valence-corrected chi connectivity index (χ3v) is 4.36. The zero-order chi connectivity index (χ0) is 19.3. The van der Waals surface area contributed by atoms with E-state index in [2.05, 4.69) is 20.4 Å². The first kappa shape index (κ1) is 17.7. The summed E-state index contributed by atoms with van der Waals surface area (Å²) in [7, 11) is 0. The summed E-state index contributed by atoms with van der Waals surface area (Å²) in [5, 5.41) is 7.47. The maximum atomic E-state index is 12.2. The van der Waals surface area contributed by atoms with E-state index in [1.54, 1.807) is 0 Å². The van der Waals surface area contributed by atoms with Crippen LogP contribution in [0.25, 0.3) is 22.4 Å². The number of aryl methyl sites for hydroxylation is 1. The Kier molecular flexibility index (Phi) is 4.97. The van der Waals surface area contributed by atoms with Crippen LogP contribution in [-0.4, -0.2) is 27.6 Å². The fourth-order valence-electron chi connectivity index (χ4n) is 2.85. The smallest absolute Gasteiger partial charge is 0.265 e. The summed E-state index contributed by atoms with van der Waals surface area (Å²) < 4.78 is 10.9. The van der Waals surface area contributed by atoms with Crippen molar-refractivity contribution in [3.05, 3.63) is 72.1 Å². The van der Waals surface area contributed by atoms with Gasteiger partial charge in [-0.25, -0.2) is 4.98 Å². The molecule has 7 heteroatoms. The molecular weight excluding hydrogens is 356 g/mol. The zero-order valence-electron chi connectivity index (χ0n) is 15.3. The average molecular weight is 374 g/mol. The van der Waals surface area contributed by atoms with Crippen molar-refractivity contribution in [2.24, 2.45) is 0 Å². The van der Waals surface area contributed by atoms with E-state index >= 15 is 0 Å². The second-order valence-corrected chi connectivity index (χ2v) is 6.25. The number of carbonyl (C=O) groups excluding carboxylic acids is 1. The molecule has 4 rings (SSSR count).